The SMILES string of the molecule is Cn1nccc1-c1cc(N2CC3CCC(C2)O3)nn2c(-c3ccnn3PI)nc(I)c12. The molecular formula is C19H19I2N8OP. The Balaban J connectivity index is 1.60. The van der Waals surface area contributed by atoms with Gasteiger partial charge >= 0.3 is 0 Å². The van der Waals surface area contributed by atoms with Crippen LogP contribution in [-0.2, 0) is 11.8 Å². The molecule has 0 saturated carbocycles. The smallest absolute Gasteiger partial charge is 0.181 e. The van der Waals surface area contributed by atoms with Crippen molar-refractivity contribution < 1.29 is 4.74 Å². The van der Waals surface area contributed by atoms with Gasteiger partial charge in [0.25, 0.3) is 0 Å². The standard InChI is InChI=1S/C19H19I2N8OP/c1-26-14(4-6-22-26)13-8-16(27-9-11-2-3-12(10-27)30-11)25-28-17(13)18(20)24-19(28)15-5-7-23-29(15)31-21/h4-8,11-12,31H,2-3,9-10H2,1H3. The van der Waals surface area contributed by atoms with Gasteiger partial charge in [0.2, 0.25) is 0 Å². The van der Waals surface area contributed by atoms with Gasteiger partial charge in [-0.05, 0) is 75.7 Å². The average Bonchev–Trinajstić information content (AvgIpc) is 3.55. The molecule has 2 aliphatic rings. The summed E-state index contributed by atoms with van der Waals surface area (Å²) in [6.07, 6.45) is 6.98. The lowest BCUT2D eigenvalue weighted by Gasteiger charge is -2.33. The predicted molar refractivity (Wildman–Crippen MR) is 137 cm³/mol. The highest BCUT2D eigenvalue weighted by Crippen LogP contribution is 2.37. The number of fused-ring (bicyclic) bond motifs is 3. The van der Waals surface area contributed by atoms with Crippen LogP contribution in [0.2, 0.25) is 0 Å². The number of aromatic nitrogens is 7. The van der Waals surface area contributed by atoms with E-state index in [0.29, 0.717) is 18.6 Å². The first-order valence-corrected chi connectivity index (χ1v) is 15.2. The minimum Gasteiger partial charge on any atom is -0.371 e. The minimum atomic E-state index is 0.292. The Bertz CT molecular complexity index is 1270. The Kier molecular flexibility index (Phi) is 5.19. The maximum atomic E-state index is 6.06. The molecule has 160 valence electrons. The summed E-state index contributed by atoms with van der Waals surface area (Å²) < 4.78 is 12.8. The summed E-state index contributed by atoms with van der Waals surface area (Å²) in [5, 5.41) is 14.0. The Morgan fingerprint density at radius 2 is 1.84 bits per heavy atom. The van der Waals surface area contributed by atoms with Crippen LogP contribution in [0.3, 0.4) is 0 Å². The van der Waals surface area contributed by atoms with E-state index in [1.54, 1.807) is 0 Å². The highest BCUT2D eigenvalue weighted by atomic mass is 127. The molecule has 31 heavy (non-hydrogen) atoms. The summed E-state index contributed by atoms with van der Waals surface area (Å²) in [5.74, 6) is 1.75. The molecule has 0 N–H and O–H groups in total. The van der Waals surface area contributed by atoms with Crippen molar-refractivity contribution in [3.8, 4) is 22.8 Å². The highest BCUT2D eigenvalue weighted by molar-refractivity contribution is 14.2. The Morgan fingerprint density at radius 3 is 2.55 bits per heavy atom. The second-order valence-electron chi connectivity index (χ2n) is 7.82. The summed E-state index contributed by atoms with van der Waals surface area (Å²) in [5.41, 5.74) is 4.07. The summed E-state index contributed by atoms with van der Waals surface area (Å²) in [6, 6.07) is 6.23. The van der Waals surface area contributed by atoms with E-state index < -0.39 is 0 Å². The number of imidazole rings is 1. The number of halogens is 2. The van der Waals surface area contributed by atoms with Gasteiger partial charge in [0.1, 0.15) is 14.9 Å². The van der Waals surface area contributed by atoms with Gasteiger partial charge in [0.05, 0.1) is 30.5 Å². The zero-order valence-electron chi connectivity index (χ0n) is 16.6. The van der Waals surface area contributed by atoms with Gasteiger partial charge in [-0.1, -0.05) is 0 Å². The molecule has 0 radical (unpaired) electrons. The number of aryl methyl sites for hydroxylation is 1. The molecule has 0 aromatic carbocycles. The van der Waals surface area contributed by atoms with Crippen LogP contribution in [-0.4, -0.2) is 59.2 Å². The van der Waals surface area contributed by atoms with Crippen molar-refractivity contribution in [2.75, 3.05) is 18.0 Å². The summed E-state index contributed by atoms with van der Waals surface area (Å²) >= 11 is 4.65. The van der Waals surface area contributed by atoms with Crippen LogP contribution >= 0.6 is 51.0 Å². The number of nitrogens with zero attached hydrogens (tertiary/aromatic N) is 8. The third kappa shape index (κ3) is 3.39. The molecular weight excluding hydrogens is 641 g/mol. The maximum absolute atomic E-state index is 6.06. The van der Waals surface area contributed by atoms with Crippen molar-refractivity contribution in [2.45, 2.75) is 25.0 Å². The van der Waals surface area contributed by atoms with Gasteiger partial charge in [-0.3, -0.25) is 4.68 Å². The molecule has 12 heteroatoms. The largest absolute Gasteiger partial charge is 0.371 e. The van der Waals surface area contributed by atoms with Gasteiger partial charge in [0, 0.05) is 31.9 Å². The Morgan fingerprint density at radius 1 is 1.10 bits per heavy atom. The number of rotatable bonds is 4. The van der Waals surface area contributed by atoms with E-state index in [0.717, 1.165) is 63.7 Å². The van der Waals surface area contributed by atoms with Crippen LogP contribution in [0.4, 0.5) is 5.82 Å². The van der Waals surface area contributed by atoms with Crippen molar-refractivity contribution in [2.24, 2.45) is 7.05 Å². The van der Waals surface area contributed by atoms with E-state index in [2.05, 4.69) is 65.8 Å². The Hall–Kier alpha value is -1.31. The summed E-state index contributed by atoms with van der Waals surface area (Å²) in [7, 11) is 1.97. The van der Waals surface area contributed by atoms with E-state index in [9.17, 15) is 0 Å². The predicted octanol–water partition coefficient (Wildman–Crippen LogP) is 3.76. The average molecular weight is 660 g/mol. The lowest BCUT2D eigenvalue weighted by atomic mass is 10.1. The van der Waals surface area contributed by atoms with Gasteiger partial charge < -0.3 is 9.64 Å². The van der Waals surface area contributed by atoms with E-state index >= 15 is 0 Å². The minimum absolute atomic E-state index is 0.292. The molecule has 3 atom stereocenters. The van der Waals surface area contributed by atoms with Crippen molar-refractivity contribution >= 4 is 62.3 Å². The van der Waals surface area contributed by atoms with Gasteiger partial charge in [-0.2, -0.15) is 10.2 Å². The fourth-order valence-electron chi connectivity index (χ4n) is 4.53. The monoisotopic (exact) mass is 660 g/mol. The second-order valence-corrected chi connectivity index (χ2v) is 10.9. The topological polar surface area (TPSA) is 78.3 Å². The van der Waals surface area contributed by atoms with Gasteiger partial charge in [-0.25, -0.2) is 14.0 Å². The van der Waals surface area contributed by atoms with Crippen molar-refractivity contribution in [1.82, 2.24) is 33.9 Å². The fourth-order valence-corrected chi connectivity index (χ4v) is 6.81. The van der Waals surface area contributed by atoms with Crippen molar-refractivity contribution in [3.05, 3.63) is 34.3 Å². The van der Waals surface area contributed by atoms with Crippen molar-refractivity contribution in [1.29, 1.82) is 0 Å². The molecule has 6 heterocycles. The third-order valence-electron chi connectivity index (χ3n) is 5.96. The van der Waals surface area contributed by atoms with Crippen LogP contribution < -0.4 is 4.90 Å². The van der Waals surface area contributed by atoms with Crippen LogP contribution in [0, 0.1) is 3.70 Å². The fraction of sp³-hybridized carbons (Fsp3) is 0.368. The molecule has 4 aromatic rings. The van der Waals surface area contributed by atoms with Crippen LogP contribution in [0.15, 0.2) is 30.6 Å². The first kappa shape index (κ1) is 20.3. The number of morpholine rings is 1. The van der Waals surface area contributed by atoms with E-state index in [1.807, 2.05) is 45.2 Å². The molecule has 6 rings (SSSR count). The Labute approximate surface area is 207 Å². The van der Waals surface area contributed by atoms with Crippen molar-refractivity contribution in [3.63, 3.8) is 0 Å². The molecule has 0 amide bonds. The molecule has 2 saturated heterocycles. The van der Waals surface area contributed by atoms with E-state index in [1.165, 1.54) is 0 Å². The number of anilines is 1. The number of ether oxygens (including phenoxy) is 1. The van der Waals surface area contributed by atoms with Crippen LogP contribution in [0.25, 0.3) is 28.3 Å². The zero-order chi connectivity index (χ0) is 21.1. The number of hydrogen-bond donors (Lipinski definition) is 0. The molecule has 2 aliphatic heterocycles. The molecule has 2 fully saturated rings. The summed E-state index contributed by atoms with van der Waals surface area (Å²) in [4.78, 5) is 7.28. The third-order valence-corrected chi connectivity index (χ3v) is 8.60. The van der Waals surface area contributed by atoms with Crippen LogP contribution in [0.5, 0.6) is 0 Å². The maximum Gasteiger partial charge on any atom is 0.181 e. The lowest BCUT2D eigenvalue weighted by Crippen LogP contribution is -2.43. The summed E-state index contributed by atoms with van der Waals surface area (Å²) in [6.45, 7) is 1.74. The van der Waals surface area contributed by atoms with Crippen LogP contribution in [0.1, 0.15) is 12.8 Å². The van der Waals surface area contributed by atoms with E-state index in [-0.39, 0.29) is 0 Å². The number of hydrogen-bond acceptors (Lipinski definition) is 6. The second kappa shape index (κ2) is 7.92. The molecule has 3 unspecified atom stereocenters. The highest BCUT2D eigenvalue weighted by Gasteiger charge is 2.35. The van der Waals surface area contributed by atoms with Gasteiger partial charge in [0.15, 0.2) is 11.6 Å². The molecule has 2 bridgehead atoms. The van der Waals surface area contributed by atoms with Gasteiger partial charge in [-0.15, -0.1) is 5.10 Å². The molecule has 0 aliphatic carbocycles. The first-order chi connectivity index (χ1) is 15.1. The lowest BCUT2D eigenvalue weighted by molar-refractivity contribution is 0.0301. The molecule has 4 aromatic heterocycles. The first-order valence-electron chi connectivity index (χ1n) is 10.0. The normalized spacial score (nSPS) is 21.2. The molecule has 0 spiro atoms. The molecule has 9 nitrogen and oxygen atoms in total. The zero-order valence-corrected chi connectivity index (χ0v) is 21.9. The van der Waals surface area contributed by atoms with E-state index in [4.69, 9.17) is 14.8 Å². The quantitative estimate of drug-likeness (QED) is 0.245.